The van der Waals surface area contributed by atoms with Gasteiger partial charge in [-0.3, -0.25) is 0 Å². The Morgan fingerprint density at radius 2 is 1.84 bits per heavy atom. The van der Waals surface area contributed by atoms with Crippen LogP contribution in [0.4, 0.5) is 25.1 Å². The van der Waals surface area contributed by atoms with E-state index in [1.54, 1.807) is 17.0 Å². The summed E-state index contributed by atoms with van der Waals surface area (Å²) in [5.41, 5.74) is 1.84. The van der Waals surface area contributed by atoms with Crippen molar-refractivity contribution in [2.24, 2.45) is 0 Å². The maximum atomic E-state index is 12.2. The molecule has 0 radical (unpaired) electrons. The molecule has 1 unspecified atom stereocenters. The largest absolute Gasteiger partial charge is 0.367 e. The van der Waals surface area contributed by atoms with Crippen LogP contribution < -0.4 is 4.90 Å². The van der Waals surface area contributed by atoms with Crippen LogP contribution in [0.5, 0.6) is 0 Å². The van der Waals surface area contributed by atoms with Crippen molar-refractivity contribution in [2.75, 3.05) is 18.0 Å². The van der Waals surface area contributed by atoms with Gasteiger partial charge in [-0.15, -0.1) is 0 Å². The smallest absolute Gasteiger partial charge is 0.304 e. The Balaban J connectivity index is 2.14. The van der Waals surface area contributed by atoms with Crippen molar-refractivity contribution >= 4 is 15.9 Å². The van der Waals surface area contributed by atoms with Gasteiger partial charge in [0.15, 0.2) is 0 Å². The van der Waals surface area contributed by atoms with Gasteiger partial charge in [0.05, 0.1) is 5.41 Å². The molecule has 0 N–H and O–H groups in total. The second-order valence-corrected chi connectivity index (χ2v) is 7.09. The lowest BCUT2D eigenvalue weighted by Gasteiger charge is -2.36. The van der Waals surface area contributed by atoms with Crippen LogP contribution in [0.2, 0.25) is 0 Å². The highest BCUT2D eigenvalue weighted by atomic mass is 32.5. The molecule has 7 heteroatoms. The van der Waals surface area contributed by atoms with Crippen molar-refractivity contribution < 1.29 is 19.4 Å². The molecule has 1 nitrogen and oxygen atoms in total. The summed E-state index contributed by atoms with van der Waals surface area (Å²) in [5.74, 6) is 0.185. The molecule has 0 saturated carbocycles. The molecule has 19 heavy (non-hydrogen) atoms. The van der Waals surface area contributed by atoms with Gasteiger partial charge < -0.3 is 4.90 Å². The first kappa shape index (κ1) is 14.2. The first-order valence-corrected chi connectivity index (χ1v) is 7.72. The van der Waals surface area contributed by atoms with Crippen LogP contribution in [0.1, 0.15) is 18.4 Å². The molecule has 1 aromatic rings. The highest BCUT2D eigenvalue weighted by molar-refractivity contribution is 8.48. The Labute approximate surface area is 108 Å². The van der Waals surface area contributed by atoms with Gasteiger partial charge >= 0.3 is 10.2 Å². The molecule has 0 aromatic heterocycles. The molecule has 1 aliphatic heterocycles. The van der Waals surface area contributed by atoms with Gasteiger partial charge in [-0.05, 0) is 17.7 Å². The zero-order chi connectivity index (χ0) is 14.4. The maximum absolute atomic E-state index is 12.2. The molecule has 1 aromatic carbocycles. The zero-order valence-corrected chi connectivity index (χ0v) is 11.0. The minimum absolute atomic E-state index is 0.174. The van der Waals surface area contributed by atoms with Crippen LogP contribution in [0.3, 0.4) is 0 Å². The minimum atomic E-state index is -9.44. The maximum Gasteiger partial charge on any atom is 0.304 e. The van der Waals surface area contributed by atoms with E-state index in [2.05, 4.69) is 0 Å². The quantitative estimate of drug-likeness (QED) is 0.673. The number of anilines is 1. The summed E-state index contributed by atoms with van der Waals surface area (Å²) in [6.07, 6.45) is 0.496. The molecule has 0 spiro atoms. The number of hydrogen-bond donors (Lipinski definition) is 0. The lowest BCUT2D eigenvalue weighted by molar-refractivity contribution is 0.384. The fourth-order valence-corrected chi connectivity index (χ4v) is 2.69. The van der Waals surface area contributed by atoms with Gasteiger partial charge in [0.25, 0.3) is 0 Å². The van der Waals surface area contributed by atoms with Crippen LogP contribution in [0, 0.1) is 0 Å². The Morgan fingerprint density at radius 3 is 2.47 bits per heavy atom. The summed E-state index contributed by atoms with van der Waals surface area (Å²) >= 11 is 0. The molecule has 0 bridgehead atoms. The Morgan fingerprint density at radius 1 is 1.21 bits per heavy atom. The van der Waals surface area contributed by atoms with Crippen molar-refractivity contribution in [1.82, 2.24) is 0 Å². The Hall–Kier alpha value is -1.24. The van der Waals surface area contributed by atoms with E-state index in [0.717, 1.165) is 11.3 Å². The summed E-state index contributed by atoms with van der Waals surface area (Å²) in [4.78, 5) is 1.67. The zero-order valence-electron chi connectivity index (χ0n) is 10.2. The van der Waals surface area contributed by atoms with Crippen LogP contribution in [0.15, 0.2) is 35.7 Å². The van der Waals surface area contributed by atoms with Crippen molar-refractivity contribution in [3.8, 4) is 0 Å². The second kappa shape index (κ2) is 3.65. The number of fused-ring (bicyclic) bond motifs is 1. The SMILES string of the molecule is CC1CN(C/C=C/S(F)(F)(F)(F)F)c2ccccc21. The predicted octanol–water partition coefficient (Wildman–Crippen LogP) is 5.42. The standard InChI is InChI=1S/C12H14F5NS/c1-10-9-18(12-6-3-2-5-11(10)12)7-4-8-19(13,14,15,16)17/h2-6,8,10H,7,9H2,1H3/b8-4+. The Kier molecular flexibility index (Phi) is 2.72. The van der Waals surface area contributed by atoms with E-state index < -0.39 is 15.6 Å². The molecular weight excluding hydrogens is 285 g/mol. The number of para-hydroxylation sites is 1. The molecule has 1 heterocycles. The second-order valence-electron chi connectivity index (χ2n) is 4.77. The van der Waals surface area contributed by atoms with Crippen molar-refractivity contribution in [3.05, 3.63) is 41.3 Å². The van der Waals surface area contributed by atoms with Crippen LogP contribution in [0.25, 0.3) is 0 Å². The van der Waals surface area contributed by atoms with E-state index in [9.17, 15) is 19.4 Å². The van der Waals surface area contributed by atoms with Gasteiger partial charge in [-0.25, -0.2) is 0 Å². The lowest BCUT2D eigenvalue weighted by atomic mass is 10.0. The van der Waals surface area contributed by atoms with E-state index in [-0.39, 0.29) is 12.5 Å². The fraction of sp³-hybridized carbons (Fsp3) is 0.333. The minimum Gasteiger partial charge on any atom is -0.367 e. The van der Waals surface area contributed by atoms with Gasteiger partial charge in [-0.1, -0.05) is 44.6 Å². The van der Waals surface area contributed by atoms with Gasteiger partial charge in [-0.2, -0.15) is 0 Å². The first-order chi connectivity index (χ1) is 8.45. The molecule has 1 aliphatic rings. The topological polar surface area (TPSA) is 3.24 Å². The number of rotatable bonds is 3. The third-order valence-electron chi connectivity index (χ3n) is 2.98. The third kappa shape index (κ3) is 3.86. The molecule has 0 fully saturated rings. The first-order valence-electron chi connectivity index (χ1n) is 5.71. The van der Waals surface area contributed by atoms with E-state index in [4.69, 9.17) is 0 Å². The van der Waals surface area contributed by atoms with Gasteiger partial charge in [0.2, 0.25) is 0 Å². The third-order valence-corrected chi connectivity index (χ3v) is 3.69. The van der Waals surface area contributed by atoms with Crippen LogP contribution in [-0.4, -0.2) is 13.1 Å². The van der Waals surface area contributed by atoms with Crippen LogP contribution >= 0.6 is 10.2 Å². The van der Waals surface area contributed by atoms with Crippen LogP contribution in [-0.2, 0) is 0 Å². The van der Waals surface area contributed by atoms with Crippen molar-refractivity contribution in [2.45, 2.75) is 12.8 Å². The van der Waals surface area contributed by atoms with E-state index in [0.29, 0.717) is 12.6 Å². The lowest BCUT2D eigenvalue weighted by Crippen LogP contribution is -2.21. The van der Waals surface area contributed by atoms with E-state index in [1.807, 2.05) is 19.1 Å². The number of hydrogen-bond acceptors (Lipinski definition) is 1. The fourth-order valence-electron chi connectivity index (χ4n) is 2.24. The molecule has 0 saturated heterocycles. The summed E-state index contributed by atoms with van der Waals surface area (Å²) in [6.45, 7) is 2.31. The van der Waals surface area contributed by atoms with Gasteiger partial charge in [0, 0.05) is 24.7 Å². The number of halogens is 5. The number of benzene rings is 1. The molecule has 2 rings (SSSR count). The summed E-state index contributed by atoms with van der Waals surface area (Å²) in [7, 11) is -9.44. The highest BCUT2D eigenvalue weighted by Gasteiger charge is 2.60. The van der Waals surface area contributed by atoms with E-state index >= 15 is 0 Å². The monoisotopic (exact) mass is 299 g/mol. The predicted molar refractivity (Wildman–Crippen MR) is 69.3 cm³/mol. The summed E-state index contributed by atoms with van der Waals surface area (Å²) < 4.78 is 60.8. The molecular formula is C12H14F5NS. The average Bonchev–Trinajstić information content (AvgIpc) is 2.53. The molecule has 1 atom stereocenters. The van der Waals surface area contributed by atoms with Crippen molar-refractivity contribution in [1.29, 1.82) is 0 Å². The number of nitrogens with zero attached hydrogens (tertiary/aromatic N) is 1. The molecule has 0 aliphatic carbocycles. The molecule has 0 amide bonds. The summed E-state index contributed by atoms with van der Waals surface area (Å²) in [5, 5.41) is -0.869. The van der Waals surface area contributed by atoms with Gasteiger partial charge in [0.1, 0.15) is 0 Å². The van der Waals surface area contributed by atoms with Crippen molar-refractivity contribution in [3.63, 3.8) is 0 Å². The molecule has 108 valence electrons. The van der Waals surface area contributed by atoms with E-state index in [1.165, 1.54) is 0 Å². The normalized spacial score (nSPS) is 23.3. The summed E-state index contributed by atoms with van der Waals surface area (Å²) in [6, 6.07) is 7.31. The highest BCUT2D eigenvalue weighted by Crippen LogP contribution is 2.98. The Bertz CT molecular complexity index is 522. The average molecular weight is 299 g/mol.